The number of nitrogens with one attached hydrogen (secondary N) is 2. The van der Waals surface area contributed by atoms with E-state index in [9.17, 15) is 0 Å². The number of hydrogen-bond donors (Lipinski definition) is 2. The highest BCUT2D eigenvalue weighted by Crippen LogP contribution is 2.08. The standard InChI is InChI=1S/C23H40N6O/c1-3-24-23(26-19-21(2)29-15-17-30-18-16-29)25-9-10-27-11-13-28(14-12-27)20-22-7-5-4-6-8-22/h4-8,21H,3,9-20H2,1-2H3,(H2,24,25,26). The first kappa shape index (κ1) is 23.0. The predicted octanol–water partition coefficient (Wildman–Crippen LogP) is 1.08. The molecule has 30 heavy (non-hydrogen) atoms. The summed E-state index contributed by atoms with van der Waals surface area (Å²) in [5.74, 6) is 0.931. The summed E-state index contributed by atoms with van der Waals surface area (Å²) in [5, 5.41) is 6.90. The molecule has 0 spiro atoms. The van der Waals surface area contributed by atoms with Crippen molar-refractivity contribution in [2.24, 2.45) is 4.99 Å². The first-order chi connectivity index (χ1) is 14.7. The summed E-state index contributed by atoms with van der Waals surface area (Å²) in [5.41, 5.74) is 1.41. The largest absolute Gasteiger partial charge is 0.379 e. The summed E-state index contributed by atoms with van der Waals surface area (Å²) < 4.78 is 5.45. The number of hydrogen-bond acceptors (Lipinski definition) is 5. The van der Waals surface area contributed by atoms with Crippen molar-refractivity contribution >= 4 is 5.96 Å². The monoisotopic (exact) mass is 416 g/mol. The van der Waals surface area contributed by atoms with Crippen LogP contribution in [0.25, 0.3) is 0 Å². The topological polar surface area (TPSA) is 55.4 Å². The quantitative estimate of drug-likeness (QED) is 0.464. The second kappa shape index (κ2) is 12.9. The van der Waals surface area contributed by atoms with Gasteiger partial charge in [0, 0.05) is 71.5 Å². The normalized spacial score (nSPS) is 20.8. The number of aliphatic imine (C=N–C) groups is 1. The van der Waals surface area contributed by atoms with Crippen LogP contribution in [0.1, 0.15) is 19.4 Å². The number of piperazine rings is 1. The van der Waals surface area contributed by atoms with Gasteiger partial charge in [-0.05, 0) is 19.4 Å². The van der Waals surface area contributed by atoms with E-state index in [1.807, 2.05) is 0 Å². The van der Waals surface area contributed by atoms with Crippen LogP contribution in [0.2, 0.25) is 0 Å². The Morgan fingerprint density at radius 1 is 1.00 bits per heavy atom. The van der Waals surface area contributed by atoms with Crippen molar-refractivity contribution in [2.75, 3.05) is 78.7 Å². The maximum absolute atomic E-state index is 5.45. The van der Waals surface area contributed by atoms with Crippen molar-refractivity contribution in [3.63, 3.8) is 0 Å². The molecule has 2 saturated heterocycles. The summed E-state index contributed by atoms with van der Waals surface area (Å²) in [7, 11) is 0. The Bertz CT molecular complexity index is 611. The summed E-state index contributed by atoms with van der Waals surface area (Å²) in [6.07, 6.45) is 0. The molecule has 1 aromatic rings. The zero-order valence-electron chi connectivity index (χ0n) is 18.9. The number of guanidine groups is 1. The maximum atomic E-state index is 5.45. The van der Waals surface area contributed by atoms with Gasteiger partial charge in [-0.15, -0.1) is 0 Å². The van der Waals surface area contributed by atoms with E-state index in [-0.39, 0.29) is 0 Å². The lowest BCUT2D eigenvalue weighted by molar-refractivity contribution is 0.0220. The Balaban J connectivity index is 1.34. The molecular formula is C23H40N6O. The van der Waals surface area contributed by atoms with Gasteiger partial charge >= 0.3 is 0 Å². The molecule has 1 atom stereocenters. The third-order valence-corrected chi connectivity index (χ3v) is 5.96. The molecule has 0 bridgehead atoms. The molecule has 0 amide bonds. The van der Waals surface area contributed by atoms with Crippen molar-refractivity contribution < 1.29 is 4.74 Å². The van der Waals surface area contributed by atoms with E-state index >= 15 is 0 Å². The second-order valence-corrected chi connectivity index (χ2v) is 8.25. The molecule has 2 heterocycles. The van der Waals surface area contributed by atoms with Gasteiger partial charge in [0.1, 0.15) is 0 Å². The van der Waals surface area contributed by atoms with Crippen LogP contribution >= 0.6 is 0 Å². The van der Waals surface area contributed by atoms with Gasteiger partial charge in [0.25, 0.3) is 0 Å². The highest BCUT2D eigenvalue weighted by atomic mass is 16.5. The summed E-state index contributed by atoms with van der Waals surface area (Å²) in [6, 6.07) is 11.2. The van der Waals surface area contributed by atoms with Gasteiger partial charge in [-0.3, -0.25) is 19.7 Å². The first-order valence-electron chi connectivity index (χ1n) is 11.6. The van der Waals surface area contributed by atoms with Crippen LogP contribution in [0.15, 0.2) is 35.3 Å². The molecule has 0 aliphatic carbocycles. The minimum absolute atomic E-state index is 0.446. The second-order valence-electron chi connectivity index (χ2n) is 8.25. The lowest BCUT2D eigenvalue weighted by Crippen LogP contribution is -2.49. The van der Waals surface area contributed by atoms with Gasteiger partial charge in [0.2, 0.25) is 0 Å². The first-order valence-corrected chi connectivity index (χ1v) is 11.6. The van der Waals surface area contributed by atoms with Crippen molar-refractivity contribution in [3.05, 3.63) is 35.9 Å². The third kappa shape index (κ3) is 7.87. The van der Waals surface area contributed by atoms with E-state index in [4.69, 9.17) is 9.73 Å². The molecule has 3 rings (SSSR count). The minimum Gasteiger partial charge on any atom is -0.379 e. The van der Waals surface area contributed by atoms with Crippen LogP contribution in [0.3, 0.4) is 0 Å². The molecule has 0 radical (unpaired) electrons. The van der Waals surface area contributed by atoms with Gasteiger partial charge < -0.3 is 15.4 Å². The van der Waals surface area contributed by atoms with Gasteiger partial charge in [-0.1, -0.05) is 30.3 Å². The number of nitrogens with zero attached hydrogens (tertiary/aromatic N) is 4. The molecule has 168 valence electrons. The van der Waals surface area contributed by atoms with E-state index < -0.39 is 0 Å². The van der Waals surface area contributed by atoms with Crippen molar-refractivity contribution in [2.45, 2.75) is 26.4 Å². The fourth-order valence-corrected chi connectivity index (χ4v) is 4.04. The molecule has 7 heteroatoms. The van der Waals surface area contributed by atoms with Gasteiger partial charge in [-0.25, -0.2) is 0 Å². The van der Waals surface area contributed by atoms with Crippen molar-refractivity contribution in [1.82, 2.24) is 25.3 Å². The van der Waals surface area contributed by atoms with Crippen molar-refractivity contribution in [1.29, 1.82) is 0 Å². The minimum atomic E-state index is 0.446. The number of ether oxygens (including phenoxy) is 1. The number of benzene rings is 1. The Labute approximate surface area is 182 Å². The predicted molar refractivity (Wildman–Crippen MR) is 124 cm³/mol. The summed E-state index contributed by atoms with van der Waals surface area (Å²) in [6.45, 7) is 17.4. The molecule has 0 aromatic heterocycles. The number of rotatable bonds is 9. The van der Waals surface area contributed by atoms with Gasteiger partial charge in [-0.2, -0.15) is 0 Å². The summed E-state index contributed by atoms with van der Waals surface area (Å²) in [4.78, 5) is 12.4. The Morgan fingerprint density at radius 3 is 2.40 bits per heavy atom. The van der Waals surface area contributed by atoms with Crippen LogP contribution in [0.5, 0.6) is 0 Å². The van der Waals surface area contributed by atoms with E-state index in [1.54, 1.807) is 0 Å². The van der Waals surface area contributed by atoms with Crippen LogP contribution < -0.4 is 10.6 Å². The van der Waals surface area contributed by atoms with Gasteiger partial charge in [0.05, 0.1) is 19.8 Å². The molecule has 0 saturated carbocycles. The molecule has 2 aliphatic rings. The van der Waals surface area contributed by atoms with E-state index in [0.717, 1.165) is 91.2 Å². The Morgan fingerprint density at radius 2 is 1.70 bits per heavy atom. The van der Waals surface area contributed by atoms with Crippen LogP contribution in [-0.2, 0) is 11.3 Å². The average molecular weight is 417 g/mol. The Hall–Kier alpha value is -1.67. The number of morpholine rings is 1. The molecular weight excluding hydrogens is 376 g/mol. The zero-order valence-corrected chi connectivity index (χ0v) is 18.9. The smallest absolute Gasteiger partial charge is 0.191 e. The maximum Gasteiger partial charge on any atom is 0.191 e. The fourth-order valence-electron chi connectivity index (χ4n) is 4.04. The summed E-state index contributed by atoms with van der Waals surface area (Å²) >= 11 is 0. The molecule has 1 unspecified atom stereocenters. The molecule has 7 nitrogen and oxygen atoms in total. The SMILES string of the molecule is CCNC(=NCC(C)N1CCOCC1)NCCN1CCN(Cc2ccccc2)CC1. The fraction of sp³-hybridized carbons (Fsp3) is 0.696. The third-order valence-electron chi connectivity index (χ3n) is 5.96. The molecule has 2 aliphatic heterocycles. The highest BCUT2D eigenvalue weighted by molar-refractivity contribution is 5.79. The van der Waals surface area contributed by atoms with E-state index in [2.05, 4.69) is 69.5 Å². The average Bonchev–Trinajstić information content (AvgIpc) is 2.79. The lowest BCUT2D eigenvalue weighted by Gasteiger charge is -2.34. The lowest BCUT2D eigenvalue weighted by atomic mass is 10.2. The molecule has 2 fully saturated rings. The highest BCUT2D eigenvalue weighted by Gasteiger charge is 2.18. The van der Waals surface area contributed by atoms with Gasteiger partial charge in [0.15, 0.2) is 5.96 Å². The van der Waals surface area contributed by atoms with Crippen LogP contribution in [0.4, 0.5) is 0 Å². The molecule has 1 aromatic carbocycles. The van der Waals surface area contributed by atoms with E-state index in [0.29, 0.717) is 6.04 Å². The van der Waals surface area contributed by atoms with Crippen molar-refractivity contribution in [3.8, 4) is 0 Å². The Kier molecular flexibility index (Phi) is 9.89. The zero-order chi connectivity index (χ0) is 21.0. The van der Waals surface area contributed by atoms with Crippen LogP contribution in [0, 0.1) is 0 Å². The van der Waals surface area contributed by atoms with E-state index in [1.165, 1.54) is 5.56 Å². The van der Waals surface area contributed by atoms with Crippen LogP contribution in [-0.4, -0.2) is 105 Å². The molecule has 2 N–H and O–H groups in total.